The molecule has 5 nitrogen and oxygen atoms in total. The molecule has 116 valence electrons. The molecule has 1 saturated heterocycles. The van der Waals surface area contributed by atoms with Gasteiger partial charge in [0.1, 0.15) is 5.75 Å². The van der Waals surface area contributed by atoms with E-state index in [0.29, 0.717) is 22.8 Å². The molecular formula is C16H23NO4. The lowest BCUT2D eigenvalue weighted by molar-refractivity contribution is 0.0632. The summed E-state index contributed by atoms with van der Waals surface area (Å²) >= 11 is 0. The first-order valence-corrected chi connectivity index (χ1v) is 7.23. The molecular weight excluding hydrogens is 270 g/mol. The Morgan fingerprint density at radius 2 is 1.67 bits per heavy atom. The van der Waals surface area contributed by atoms with Crippen molar-refractivity contribution in [2.24, 2.45) is 0 Å². The predicted molar refractivity (Wildman–Crippen MR) is 80.4 cm³/mol. The highest BCUT2D eigenvalue weighted by Gasteiger charge is 2.27. The number of carbonyl (C=O) groups is 1. The number of methoxy groups -OCH3 is 3. The van der Waals surface area contributed by atoms with Crippen LogP contribution < -0.4 is 14.2 Å². The maximum Gasteiger partial charge on any atom is 0.258 e. The quantitative estimate of drug-likeness (QED) is 0.856. The van der Waals surface area contributed by atoms with Gasteiger partial charge in [-0.15, -0.1) is 0 Å². The van der Waals surface area contributed by atoms with E-state index < -0.39 is 0 Å². The number of nitrogens with zero attached hydrogens (tertiary/aromatic N) is 1. The van der Waals surface area contributed by atoms with Gasteiger partial charge in [-0.2, -0.15) is 0 Å². The van der Waals surface area contributed by atoms with Crippen LogP contribution in [0.2, 0.25) is 0 Å². The summed E-state index contributed by atoms with van der Waals surface area (Å²) in [5.74, 6) is 1.58. The van der Waals surface area contributed by atoms with Gasteiger partial charge in [0.2, 0.25) is 0 Å². The van der Waals surface area contributed by atoms with Crippen LogP contribution in [0, 0.1) is 0 Å². The number of benzene rings is 1. The maximum atomic E-state index is 12.8. The summed E-state index contributed by atoms with van der Waals surface area (Å²) in [6, 6.07) is 3.64. The number of amides is 1. The van der Waals surface area contributed by atoms with Gasteiger partial charge in [0.25, 0.3) is 5.91 Å². The summed E-state index contributed by atoms with van der Waals surface area (Å²) < 4.78 is 15.9. The monoisotopic (exact) mass is 293 g/mol. The number of piperidine rings is 1. The number of ether oxygens (including phenoxy) is 3. The third-order valence-electron chi connectivity index (χ3n) is 4.00. The molecule has 0 aliphatic carbocycles. The van der Waals surface area contributed by atoms with Crippen LogP contribution in [0.25, 0.3) is 0 Å². The fourth-order valence-corrected chi connectivity index (χ4v) is 2.75. The lowest BCUT2D eigenvalue weighted by Crippen LogP contribution is -2.42. The predicted octanol–water partition coefficient (Wildman–Crippen LogP) is 2.73. The van der Waals surface area contributed by atoms with Crippen LogP contribution in [-0.2, 0) is 0 Å². The Labute approximate surface area is 125 Å². The Hall–Kier alpha value is -1.91. The number of hydrogen-bond acceptors (Lipinski definition) is 4. The molecule has 1 amide bonds. The molecule has 1 aromatic carbocycles. The zero-order chi connectivity index (χ0) is 15.4. The molecule has 0 N–H and O–H groups in total. The van der Waals surface area contributed by atoms with Crippen molar-refractivity contribution in [3.8, 4) is 17.2 Å². The van der Waals surface area contributed by atoms with E-state index in [1.807, 2.05) is 4.90 Å². The summed E-state index contributed by atoms with van der Waals surface area (Å²) in [6.45, 7) is 2.88. The van der Waals surface area contributed by atoms with Crippen LogP contribution in [0.4, 0.5) is 0 Å². The van der Waals surface area contributed by atoms with Crippen molar-refractivity contribution in [3.05, 3.63) is 17.7 Å². The largest absolute Gasteiger partial charge is 0.496 e. The lowest BCUT2D eigenvalue weighted by atomic mass is 10.0. The minimum absolute atomic E-state index is 0.0139. The highest BCUT2D eigenvalue weighted by molar-refractivity contribution is 5.98. The standard InChI is InChI=1S/C16H23NO4/c1-11-7-5-6-8-17(11)16(18)12-9-14(20-3)15(21-4)10-13(12)19-2/h9-11H,5-8H2,1-4H3. The van der Waals surface area contributed by atoms with Crippen LogP contribution in [0.5, 0.6) is 17.2 Å². The van der Waals surface area contributed by atoms with Crippen molar-refractivity contribution < 1.29 is 19.0 Å². The maximum absolute atomic E-state index is 12.8. The molecule has 2 rings (SSSR count). The minimum Gasteiger partial charge on any atom is -0.496 e. The van der Waals surface area contributed by atoms with Gasteiger partial charge < -0.3 is 19.1 Å². The smallest absolute Gasteiger partial charge is 0.258 e. The molecule has 1 aromatic rings. The summed E-state index contributed by atoms with van der Waals surface area (Å²) in [7, 11) is 4.67. The molecule has 0 spiro atoms. The molecule has 1 atom stereocenters. The molecule has 21 heavy (non-hydrogen) atoms. The minimum atomic E-state index is -0.0139. The molecule has 1 aliphatic rings. The zero-order valence-corrected chi connectivity index (χ0v) is 13.1. The number of likely N-dealkylation sites (tertiary alicyclic amines) is 1. The third kappa shape index (κ3) is 3.06. The number of hydrogen-bond donors (Lipinski definition) is 0. The van der Waals surface area contributed by atoms with E-state index in [9.17, 15) is 4.79 Å². The first-order valence-electron chi connectivity index (χ1n) is 7.23. The second kappa shape index (κ2) is 6.70. The van der Waals surface area contributed by atoms with Crippen LogP contribution in [0.15, 0.2) is 12.1 Å². The van der Waals surface area contributed by atoms with Gasteiger partial charge in [0.15, 0.2) is 11.5 Å². The molecule has 1 aliphatic heterocycles. The van der Waals surface area contributed by atoms with E-state index in [1.165, 1.54) is 6.42 Å². The van der Waals surface area contributed by atoms with Gasteiger partial charge in [-0.25, -0.2) is 0 Å². The van der Waals surface area contributed by atoms with Gasteiger partial charge in [-0.05, 0) is 26.2 Å². The van der Waals surface area contributed by atoms with E-state index in [4.69, 9.17) is 14.2 Å². The molecule has 1 fully saturated rings. The molecule has 1 heterocycles. The molecule has 1 unspecified atom stereocenters. The van der Waals surface area contributed by atoms with E-state index in [2.05, 4.69) is 6.92 Å². The number of rotatable bonds is 4. The first-order chi connectivity index (χ1) is 10.1. The van der Waals surface area contributed by atoms with Crippen molar-refractivity contribution in [1.29, 1.82) is 0 Å². The fraction of sp³-hybridized carbons (Fsp3) is 0.562. The lowest BCUT2D eigenvalue weighted by Gasteiger charge is -2.33. The average Bonchev–Trinajstić information content (AvgIpc) is 2.53. The Morgan fingerprint density at radius 1 is 1.05 bits per heavy atom. The van der Waals surface area contributed by atoms with Gasteiger partial charge in [-0.3, -0.25) is 4.79 Å². The normalized spacial score (nSPS) is 18.3. The van der Waals surface area contributed by atoms with Crippen molar-refractivity contribution in [2.45, 2.75) is 32.2 Å². The Morgan fingerprint density at radius 3 is 2.24 bits per heavy atom. The van der Waals surface area contributed by atoms with Crippen molar-refractivity contribution in [3.63, 3.8) is 0 Å². The highest BCUT2D eigenvalue weighted by Crippen LogP contribution is 2.35. The Bertz CT molecular complexity index is 515. The number of carbonyl (C=O) groups excluding carboxylic acids is 1. The summed E-state index contributed by atoms with van der Waals surface area (Å²) in [6.07, 6.45) is 3.26. The summed E-state index contributed by atoms with van der Waals surface area (Å²) in [5, 5.41) is 0. The van der Waals surface area contributed by atoms with E-state index in [-0.39, 0.29) is 11.9 Å². The van der Waals surface area contributed by atoms with Gasteiger partial charge in [0.05, 0.1) is 26.9 Å². The molecule has 0 radical (unpaired) electrons. The van der Waals surface area contributed by atoms with Crippen LogP contribution in [-0.4, -0.2) is 44.7 Å². The highest BCUT2D eigenvalue weighted by atomic mass is 16.5. The summed E-state index contributed by atoms with van der Waals surface area (Å²) in [5.41, 5.74) is 0.518. The second-order valence-corrected chi connectivity index (χ2v) is 5.25. The molecule has 0 bridgehead atoms. The summed E-state index contributed by atoms with van der Waals surface area (Å²) in [4.78, 5) is 14.7. The van der Waals surface area contributed by atoms with Crippen molar-refractivity contribution in [2.75, 3.05) is 27.9 Å². The third-order valence-corrected chi connectivity index (χ3v) is 4.00. The fourth-order valence-electron chi connectivity index (χ4n) is 2.75. The first kappa shape index (κ1) is 15.5. The van der Waals surface area contributed by atoms with Gasteiger partial charge in [-0.1, -0.05) is 0 Å². The Kier molecular flexibility index (Phi) is 4.94. The Balaban J connectivity index is 2.39. The van der Waals surface area contributed by atoms with Crippen LogP contribution in [0.1, 0.15) is 36.5 Å². The average molecular weight is 293 g/mol. The van der Waals surface area contributed by atoms with E-state index in [0.717, 1.165) is 19.4 Å². The molecule has 5 heteroatoms. The van der Waals surface area contributed by atoms with Crippen LogP contribution >= 0.6 is 0 Å². The topological polar surface area (TPSA) is 48.0 Å². The molecule has 0 saturated carbocycles. The van der Waals surface area contributed by atoms with Crippen molar-refractivity contribution in [1.82, 2.24) is 4.90 Å². The zero-order valence-electron chi connectivity index (χ0n) is 13.1. The van der Waals surface area contributed by atoms with E-state index >= 15 is 0 Å². The van der Waals surface area contributed by atoms with Crippen LogP contribution in [0.3, 0.4) is 0 Å². The van der Waals surface area contributed by atoms with Crippen molar-refractivity contribution >= 4 is 5.91 Å². The van der Waals surface area contributed by atoms with Gasteiger partial charge >= 0.3 is 0 Å². The SMILES string of the molecule is COc1cc(OC)c(C(=O)N2CCCCC2C)cc1OC. The van der Waals surface area contributed by atoms with Gasteiger partial charge in [0, 0.05) is 24.7 Å². The van der Waals surface area contributed by atoms with E-state index in [1.54, 1.807) is 33.5 Å². The second-order valence-electron chi connectivity index (χ2n) is 5.25. The molecule has 0 aromatic heterocycles.